The summed E-state index contributed by atoms with van der Waals surface area (Å²) in [6.07, 6.45) is 2.46. The number of rotatable bonds is 2. The van der Waals surface area contributed by atoms with Crippen LogP contribution in [0.15, 0.2) is 0 Å². The first kappa shape index (κ1) is 25.1. The van der Waals surface area contributed by atoms with E-state index in [1.807, 2.05) is 0 Å². The third kappa shape index (κ3) is 98.0. The van der Waals surface area contributed by atoms with E-state index >= 15 is 0 Å². The largest absolute Gasteiger partial charge is 2.00 e. The van der Waals surface area contributed by atoms with Crippen LogP contribution in [-0.4, -0.2) is 47.5 Å². The van der Waals surface area contributed by atoms with Crippen LogP contribution in [0, 0.1) is 12.3 Å². The molecular weight excluding hydrogens is 277 g/mol. The SMILES string of the molecule is C[CH-][P+](=O)O.C[CH-][P+](=O)O.OP(O)O.[Mg+2]. The van der Waals surface area contributed by atoms with Crippen molar-refractivity contribution < 1.29 is 33.6 Å². The van der Waals surface area contributed by atoms with Gasteiger partial charge in [-0.2, -0.15) is 9.79 Å². The minimum absolute atomic E-state index is 0. The van der Waals surface area contributed by atoms with Crippen LogP contribution in [0.5, 0.6) is 0 Å². The molecule has 0 radical (unpaired) electrons. The van der Waals surface area contributed by atoms with Gasteiger partial charge in [0.05, 0.1) is 0 Å². The molecule has 0 heterocycles. The molecule has 0 rings (SSSR count). The molecule has 0 saturated heterocycles. The van der Waals surface area contributed by atoms with Crippen molar-refractivity contribution >= 4 is 47.7 Å². The van der Waals surface area contributed by atoms with E-state index < -0.39 is 24.7 Å². The molecule has 0 aromatic carbocycles. The normalized spacial score (nSPS) is 9.87. The molecule has 0 aliphatic heterocycles. The molecule has 0 aliphatic carbocycles. The second-order valence-corrected chi connectivity index (χ2v) is 4.17. The van der Waals surface area contributed by atoms with E-state index in [0.29, 0.717) is 0 Å². The van der Waals surface area contributed by atoms with Gasteiger partial charge in [0.1, 0.15) is 0 Å². The molecule has 0 saturated carbocycles. The summed E-state index contributed by atoms with van der Waals surface area (Å²) >= 11 is 0. The van der Waals surface area contributed by atoms with Crippen molar-refractivity contribution in [2.45, 2.75) is 13.8 Å². The Morgan fingerprint density at radius 2 is 1.00 bits per heavy atom. The smallest absolute Gasteiger partial charge is 0.328 e. The third-order valence-electron chi connectivity index (χ3n) is 0.442. The Morgan fingerprint density at radius 3 is 1.00 bits per heavy atom. The van der Waals surface area contributed by atoms with Gasteiger partial charge >= 0.3 is 47.7 Å². The zero-order valence-electron chi connectivity index (χ0n) is 8.26. The summed E-state index contributed by atoms with van der Waals surface area (Å²) < 4.78 is 18.9. The van der Waals surface area contributed by atoms with Crippen LogP contribution >= 0.6 is 24.7 Å². The molecule has 2 atom stereocenters. The summed E-state index contributed by atoms with van der Waals surface area (Å²) in [5, 5.41) is 0. The van der Waals surface area contributed by atoms with Gasteiger partial charge in [-0.3, -0.25) is 0 Å². The summed E-state index contributed by atoms with van der Waals surface area (Å²) in [6, 6.07) is 0. The molecule has 5 N–H and O–H groups in total. The van der Waals surface area contributed by atoms with Gasteiger partial charge in [0, 0.05) is 0 Å². The maximum absolute atomic E-state index is 9.46. The van der Waals surface area contributed by atoms with Gasteiger partial charge in [-0.1, -0.05) is 9.13 Å². The first-order valence-electron chi connectivity index (χ1n) is 3.04. The Balaban J connectivity index is -0.0000000590. The average Bonchev–Trinajstić information content (AvgIpc) is 2.04. The molecule has 7 nitrogen and oxygen atoms in total. The van der Waals surface area contributed by atoms with Gasteiger partial charge in [0.25, 0.3) is 0 Å². The first-order chi connectivity index (χ1) is 6.27. The van der Waals surface area contributed by atoms with Gasteiger partial charge < -0.3 is 14.7 Å². The van der Waals surface area contributed by atoms with Crippen molar-refractivity contribution in [3.63, 3.8) is 0 Å². The Labute approximate surface area is 107 Å². The zero-order valence-corrected chi connectivity index (χ0v) is 12.4. The first-order valence-corrected chi connectivity index (χ1v) is 6.80. The molecule has 0 fully saturated rings. The van der Waals surface area contributed by atoms with Crippen LogP contribution in [0.1, 0.15) is 13.8 Å². The van der Waals surface area contributed by atoms with Crippen LogP contribution in [0.3, 0.4) is 0 Å². The standard InChI is InChI=1S/2C2H5O2P.Mg.H3O3P/c2*1-2-5(3)4;;1-4(2)3/h2*2H,1H3,(H,3,4);;1-3H/q;;+2;. The molecule has 0 aromatic rings. The van der Waals surface area contributed by atoms with E-state index in [0.717, 1.165) is 0 Å². The van der Waals surface area contributed by atoms with E-state index in [1.165, 1.54) is 12.3 Å². The Bertz CT molecular complexity index is 138. The summed E-state index contributed by atoms with van der Waals surface area (Å²) in [5.41, 5.74) is 0. The molecule has 0 bridgehead atoms. The van der Waals surface area contributed by atoms with Gasteiger partial charge in [-0.25, -0.2) is 0 Å². The minimum Gasteiger partial charge on any atom is -0.328 e. The summed E-state index contributed by atoms with van der Waals surface area (Å²) in [5.74, 6) is 0. The Hall–Kier alpha value is 1.20. The minimum atomic E-state index is -2.62. The van der Waals surface area contributed by atoms with Gasteiger partial charge in [-0.05, 0) is 12.3 Å². The molecule has 86 valence electrons. The molecule has 0 spiro atoms. The molecule has 11 heteroatoms. The Morgan fingerprint density at radius 1 is 0.933 bits per heavy atom. The van der Waals surface area contributed by atoms with E-state index in [4.69, 9.17) is 24.5 Å². The zero-order chi connectivity index (χ0) is 12.1. The fourth-order valence-corrected chi connectivity index (χ4v) is 0. The van der Waals surface area contributed by atoms with Gasteiger partial charge in [0.15, 0.2) is 0 Å². The summed E-state index contributed by atoms with van der Waals surface area (Å²) in [6.45, 7) is 3.08. The van der Waals surface area contributed by atoms with Crippen LogP contribution in [0.2, 0.25) is 0 Å². The van der Waals surface area contributed by atoms with Crippen molar-refractivity contribution in [2.75, 3.05) is 0 Å². The van der Waals surface area contributed by atoms with Crippen molar-refractivity contribution in [3.05, 3.63) is 12.3 Å². The molecule has 0 amide bonds. The van der Waals surface area contributed by atoms with Crippen LogP contribution in [0.4, 0.5) is 0 Å². The van der Waals surface area contributed by atoms with Crippen molar-refractivity contribution in [2.24, 2.45) is 0 Å². The van der Waals surface area contributed by atoms with E-state index in [2.05, 4.69) is 0 Å². The van der Waals surface area contributed by atoms with Crippen molar-refractivity contribution in [1.29, 1.82) is 0 Å². The van der Waals surface area contributed by atoms with E-state index in [1.54, 1.807) is 13.8 Å². The maximum Gasteiger partial charge on any atom is 2.00 e. The van der Waals surface area contributed by atoms with Gasteiger partial charge in [-0.15, -0.1) is 13.8 Å². The predicted molar refractivity (Wildman–Crippen MR) is 58.9 cm³/mol. The summed E-state index contributed by atoms with van der Waals surface area (Å²) in [7, 11) is -6.57. The van der Waals surface area contributed by atoms with Crippen molar-refractivity contribution in [1.82, 2.24) is 0 Å². The number of hydrogen-bond donors (Lipinski definition) is 5. The summed E-state index contributed by atoms with van der Waals surface area (Å²) in [4.78, 5) is 37.3. The molecule has 2 unspecified atom stereocenters. The van der Waals surface area contributed by atoms with Crippen LogP contribution in [0.25, 0.3) is 0 Å². The van der Waals surface area contributed by atoms with Crippen molar-refractivity contribution in [3.8, 4) is 0 Å². The predicted octanol–water partition coefficient (Wildman–Crippen LogP) is 0.615. The Kier molecular flexibility index (Phi) is 34.5. The number of hydrogen-bond acceptors (Lipinski definition) is 5. The molecule has 15 heavy (non-hydrogen) atoms. The van der Waals surface area contributed by atoms with E-state index in [9.17, 15) is 9.13 Å². The monoisotopic (exact) mass is 290 g/mol. The molecule has 0 aromatic heterocycles. The molecule has 0 aliphatic rings. The van der Waals surface area contributed by atoms with Gasteiger partial charge in [0.2, 0.25) is 0 Å². The second kappa shape index (κ2) is 20.6. The quantitative estimate of drug-likeness (QED) is 0.286. The topological polar surface area (TPSA) is 135 Å². The maximum atomic E-state index is 9.46. The average molecular weight is 290 g/mol. The van der Waals surface area contributed by atoms with Crippen LogP contribution < -0.4 is 0 Å². The molecular formula is C4H13MgO7P3+2. The fourth-order valence-electron chi connectivity index (χ4n) is 0. The van der Waals surface area contributed by atoms with Crippen LogP contribution in [-0.2, 0) is 9.13 Å². The third-order valence-corrected chi connectivity index (χ3v) is 1.33. The second-order valence-electron chi connectivity index (χ2n) is 1.39. The fraction of sp³-hybridized carbons (Fsp3) is 0.500. The van der Waals surface area contributed by atoms with E-state index in [-0.39, 0.29) is 23.1 Å².